The lowest BCUT2D eigenvalue weighted by Gasteiger charge is -2.09. The van der Waals surface area contributed by atoms with Crippen molar-refractivity contribution in [1.29, 1.82) is 0 Å². The third kappa shape index (κ3) is 3.19. The highest BCUT2D eigenvalue weighted by Gasteiger charge is 2.19. The molecular formula is C11H11ClN4O3. The maximum atomic E-state index is 10.9. The van der Waals surface area contributed by atoms with Gasteiger partial charge in [-0.15, -0.1) is 5.10 Å². The fourth-order valence-corrected chi connectivity index (χ4v) is 1.60. The van der Waals surface area contributed by atoms with Crippen LogP contribution in [-0.4, -0.2) is 31.3 Å². The molecule has 0 spiro atoms. The quantitative estimate of drug-likeness (QED) is 0.895. The first kappa shape index (κ1) is 13.3. The number of aliphatic carboxylic acids is 1. The van der Waals surface area contributed by atoms with Crippen molar-refractivity contribution in [3.63, 3.8) is 0 Å². The molecule has 1 unspecified atom stereocenters. The van der Waals surface area contributed by atoms with Crippen LogP contribution in [0.1, 0.15) is 18.8 Å². The highest BCUT2D eigenvalue weighted by atomic mass is 35.5. The standard InChI is InChI=1S/C11H11ClN4O3/c1-7(11(17)18)16-10(13-14-15-16)6-19-9-4-2-3-8(12)5-9/h2-5,7H,6H2,1H3,(H,17,18). The van der Waals surface area contributed by atoms with E-state index >= 15 is 0 Å². The smallest absolute Gasteiger partial charge is 0.328 e. The zero-order chi connectivity index (χ0) is 13.8. The van der Waals surface area contributed by atoms with Crippen LogP contribution in [0.25, 0.3) is 0 Å². The Hall–Kier alpha value is -2.15. The van der Waals surface area contributed by atoms with Crippen molar-refractivity contribution >= 4 is 17.6 Å². The number of nitrogens with zero attached hydrogens (tertiary/aromatic N) is 4. The maximum absolute atomic E-state index is 10.9. The number of aromatic nitrogens is 4. The van der Waals surface area contributed by atoms with E-state index in [2.05, 4.69) is 15.5 Å². The first-order valence-corrected chi connectivity index (χ1v) is 5.83. The Kier molecular flexibility index (Phi) is 3.96. The molecule has 2 rings (SSSR count). The van der Waals surface area contributed by atoms with Crippen molar-refractivity contribution in [2.24, 2.45) is 0 Å². The summed E-state index contributed by atoms with van der Waals surface area (Å²) in [6.07, 6.45) is 0. The predicted molar refractivity (Wildman–Crippen MR) is 65.9 cm³/mol. The molecule has 0 aliphatic rings. The van der Waals surface area contributed by atoms with Crippen LogP contribution >= 0.6 is 11.6 Å². The lowest BCUT2D eigenvalue weighted by atomic mass is 10.3. The zero-order valence-corrected chi connectivity index (χ0v) is 10.8. The molecule has 1 atom stereocenters. The van der Waals surface area contributed by atoms with Crippen molar-refractivity contribution in [1.82, 2.24) is 20.2 Å². The molecule has 19 heavy (non-hydrogen) atoms. The monoisotopic (exact) mass is 282 g/mol. The molecule has 0 saturated heterocycles. The summed E-state index contributed by atoms with van der Waals surface area (Å²) in [4.78, 5) is 10.9. The van der Waals surface area contributed by atoms with Crippen LogP contribution in [0.15, 0.2) is 24.3 Å². The number of tetrazole rings is 1. The summed E-state index contributed by atoms with van der Waals surface area (Å²) < 4.78 is 6.66. The summed E-state index contributed by atoms with van der Waals surface area (Å²) in [5.74, 6) is -0.129. The van der Waals surface area contributed by atoms with Gasteiger partial charge in [-0.05, 0) is 35.5 Å². The van der Waals surface area contributed by atoms with Gasteiger partial charge in [-0.1, -0.05) is 17.7 Å². The van der Waals surface area contributed by atoms with Crippen LogP contribution in [0.4, 0.5) is 0 Å². The summed E-state index contributed by atoms with van der Waals surface area (Å²) in [7, 11) is 0. The Labute approximate surface area is 113 Å². The van der Waals surface area contributed by atoms with E-state index in [1.165, 1.54) is 11.6 Å². The van der Waals surface area contributed by atoms with E-state index < -0.39 is 12.0 Å². The number of hydrogen-bond donors (Lipinski definition) is 1. The first-order valence-electron chi connectivity index (χ1n) is 5.46. The second-order valence-electron chi connectivity index (χ2n) is 3.80. The number of ether oxygens (including phenoxy) is 1. The van der Waals surface area contributed by atoms with E-state index in [0.29, 0.717) is 16.6 Å². The minimum atomic E-state index is -1.02. The van der Waals surface area contributed by atoms with E-state index in [-0.39, 0.29) is 6.61 Å². The topological polar surface area (TPSA) is 90.1 Å². The van der Waals surface area contributed by atoms with E-state index in [1.807, 2.05) is 0 Å². The van der Waals surface area contributed by atoms with Crippen LogP contribution < -0.4 is 4.74 Å². The van der Waals surface area contributed by atoms with Crippen molar-refractivity contribution in [3.8, 4) is 5.75 Å². The Morgan fingerprint density at radius 2 is 2.37 bits per heavy atom. The molecule has 7 nitrogen and oxygen atoms in total. The molecular weight excluding hydrogens is 272 g/mol. The predicted octanol–water partition coefficient (Wildman–Crippen LogP) is 1.55. The average molecular weight is 283 g/mol. The molecule has 2 aromatic rings. The van der Waals surface area contributed by atoms with Crippen molar-refractivity contribution in [2.45, 2.75) is 19.6 Å². The highest BCUT2D eigenvalue weighted by Crippen LogP contribution is 2.18. The fourth-order valence-electron chi connectivity index (χ4n) is 1.42. The number of benzene rings is 1. The zero-order valence-electron chi connectivity index (χ0n) is 10.0. The SMILES string of the molecule is CC(C(=O)O)n1nnnc1COc1cccc(Cl)c1. The van der Waals surface area contributed by atoms with Gasteiger partial charge < -0.3 is 9.84 Å². The molecule has 8 heteroatoms. The van der Waals surface area contributed by atoms with Crippen LogP contribution in [-0.2, 0) is 11.4 Å². The number of carbonyl (C=O) groups is 1. The summed E-state index contributed by atoms with van der Waals surface area (Å²) >= 11 is 5.83. The van der Waals surface area contributed by atoms with Crippen LogP contribution in [0.5, 0.6) is 5.75 Å². The minimum Gasteiger partial charge on any atom is -0.485 e. The lowest BCUT2D eigenvalue weighted by Crippen LogP contribution is -2.20. The van der Waals surface area contributed by atoms with Gasteiger partial charge in [0.2, 0.25) is 0 Å². The number of hydrogen-bond acceptors (Lipinski definition) is 5. The van der Waals surface area contributed by atoms with Crippen molar-refractivity contribution in [3.05, 3.63) is 35.1 Å². The number of carboxylic acid groups (broad SMARTS) is 1. The summed E-state index contributed by atoms with van der Waals surface area (Å²) in [5, 5.41) is 20.3. The molecule has 1 heterocycles. The molecule has 0 amide bonds. The van der Waals surface area contributed by atoms with Gasteiger partial charge in [0.05, 0.1) is 0 Å². The second-order valence-corrected chi connectivity index (χ2v) is 4.24. The van der Waals surface area contributed by atoms with Gasteiger partial charge in [-0.3, -0.25) is 0 Å². The molecule has 0 bridgehead atoms. The molecule has 1 aromatic carbocycles. The largest absolute Gasteiger partial charge is 0.485 e. The highest BCUT2D eigenvalue weighted by molar-refractivity contribution is 6.30. The Morgan fingerprint density at radius 1 is 1.58 bits per heavy atom. The Balaban J connectivity index is 2.08. The van der Waals surface area contributed by atoms with Gasteiger partial charge in [0.15, 0.2) is 11.9 Å². The molecule has 1 N–H and O–H groups in total. The molecule has 0 radical (unpaired) electrons. The molecule has 1 aromatic heterocycles. The van der Waals surface area contributed by atoms with E-state index in [9.17, 15) is 4.79 Å². The summed E-state index contributed by atoms with van der Waals surface area (Å²) in [6, 6.07) is 6.01. The van der Waals surface area contributed by atoms with Crippen molar-refractivity contribution < 1.29 is 14.6 Å². The van der Waals surface area contributed by atoms with Gasteiger partial charge in [0.25, 0.3) is 0 Å². The molecule has 100 valence electrons. The van der Waals surface area contributed by atoms with Crippen LogP contribution in [0, 0.1) is 0 Å². The van der Waals surface area contributed by atoms with E-state index in [0.717, 1.165) is 0 Å². The molecule has 0 fully saturated rings. The number of rotatable bonds is 5. The van der Waals surface area contributed by atoms with Crippen LogP contribution in [0.2, 0.25) is 5.02 Å². The normalized spacial score (nSPS) is 12.1. The van der Waals surface area contributed by atoms with Gasteiger partial charge >= 0.3 is 5.97 Å². The van der Waals surface area contributed by atoms with Gasteiger partial charge in [-0.25, -0.2) is 9.48 Å². The van der Waals surface area contributed by atoms with Gasteiger partial charge in [0, 0.05) is 5.02 Å². The minimum absolute atomic E-state index is 0.0605. The molecule has 0 aliphatic carbocycles. The summed E-state index contributed by atoms with van der Waals surface area (Å²) in [6.45, 7) is 1.55. The third-order valence-corrected chi connectivity index (χ3v) is 2.68. The first-order chi connectivity index (χ1) is 9.08. The lowest BCUT2D eigenvalue weighted by molar-refractivity contribution is -0.140. The fraction of sp³-hybridized carbons (Fsp3) is 0.273. The van der Waals surface area contributed by atoms with E-state index in [4.69, 9.17) is 21.4 Å². The molecule has 0 saturated carbocycles. The second kappa shape index (κ2) is 5.66. The average Bonchev–Trinajstić information content (AvgIpc) is 2.83. The number of carboxylic acids is 1. The van der Waals surface area contributed by atoms with Gasteiger partial charge in [0.1, 0.15) is 12.4 Å². The Morgan fingerprint density at radius 3 is 3.05 bits per heavy atom. The van der Waals surface area contributed by atoms with Gasteiger partial charge in [-0.2, -0.15) is 0 Å². The van der Waals surface area contributed by atoms with E-state index in [1.54, 1.807) is 24.3 Å². The third-order valence-electron chi connectivity index (χ3n) is 2.45. The summed E-state index contributed by atoms with van der Waals surface area (Å²) in [5.41, 5.74) is 0. The number of halogens is 1. The van der Waals surface area contributed by atoms with Crippen LogP contribution in [0.3, 0.4) is 0 Å². The Bertz CT molecular complexity index is 587. The maximum Gasteiger partial charge on any atom is 0.328 e. The molecule has 0 aliphatic heterocycles. The van der Waals surface area contributed by atoms with Crippen molar-refractivity contribution in [2.75, 3.05) is 0 Å².